The first kappa shape index (κ1) is 5.72. The molecule has 0 bridgehead atoms. The standard InChI is InChI=1S/C8H15N/c9-7-1-3-8(4-2-7)5-6-8/h7H,1-6,9H2. The molecule has 2 rings (SSSR count). The van der Waals surface area contributed by atoms with E-state index in [-0.39, 0.29) is 0 Å². The smallest absolute Gasteiger partial charge is 0.00392 e. The fourth-order valence-electron chi connectivity index (χ4n) is 1.93. The molecule has 2 fully saturated rings. The van der Waals surface area contributed by atoms with Gasteiger partial charge in [-0.15, -0.1) is 0 Å². The van der Waals surface area contributed by atoms with E-state index in [0.29, 0.717) is 6.04 Å². The van der Waals surface area contributed by atoms with Crippen molar-refractivity contribution in [3.05, 3.63) is 0 Å². The van der Waals surface area contributed by atoms with Crippen molar-refractivity contribution in [1.82, 2.24) is 0 Å². The summed E-state index contributed by atoms with van der Waals surface area (Å²) in [5.74, 6) is 0. The third-order valence-electron chi connectivity index (χ3n) is 3.05. The largest absolute Gasteiger partial charge is 0.328 e. The lowest BCUT2D eigenvalue weighted by molar-refractivity contribution is 0.306. The van der Waals surface area contributed by atoms with E-state index in [9.17, 15) is 0 Å². The van der Waals surface area contributed by atoms with Gasteiger partial charge in [-0.1, -0.05) is 0 Å². The molecule has 1 heteroatoms. The Morgan fingerprint density at radius 1 is 1.00 bits per heavy atom. The highest BCUT2D eigenvalue weighted by atomic mass is 14.7. The van der Waals surface area contributed by atoms with E-state index in [1.807, 2.05) is 0 Å². The molecule has 0 saturated heterocycles. The maximum absolute atomic E-state index is 5.78. The first-order chi connectivity index (χ1) is 4.31. The van der Waals surface area contributed by atoms with Gasteiger partial charge in [0.25, 0.3) is 0 Å². The molecule has 0 amide bonds. The van der Waals surface area contributed by atoms with Gasteiger partial charge in [0.2, 0.25) is 0 Å². The van der Waals surface area contributed by atoms with Crippen LogP contribution in [0, 0.1) is 5.41 Å². The van der Waals surface area contributed by atoms with Crippen LogP contribution in [0.2, 0.25) is 0 Å². The SMILES string of the molecule is NC1CCC2(CC1)CC2. The molecular weight excluding hydrogens is 110 g/mol. The first-order valence-corrected chi connectivity index (χ1v) is 4.06. The molecule has 0 aromatic rings. The van der Waals surface area contributed by atoms with Crippen LogP contribution in [0.15, 0.2) is 0 Å². The molecule has 2 aliphatic carbocycles. The van der Waals surface area contributed by atoms with Crippen molar-refractivity contribution in [3.63, 3.8) is 0 Å². The summed E-state index contributed by atoms with van der Waals surface area (Å²) in [6.45, 7) is 0. The van der Waals surface area contributed by atoms with Crippen LogP contribution in [0.5, 0.6) is 0 Å². The van der Waals surface area contributed by atoms with Gasteiger partial charge in [0.15, 0.2) is 0 Å². The van der Waals surface area contributed by atoms with Crippen molar-refractivity contribution in [2.75, 3.05) is 0 Å². The van der Waals surface area contributed by atoms with E-state index < -0.39 is 0 Å². The zero-order chi connectivity index (χ0) is 6.32. The normalized spacial score (nSPS) is 33.0. The fourth-order valence-corrected chi connectivity index (χ4v) is 1.93. The maximum atomic E-state index is 5.78. The van der Waals surface area contributed by atoms with Gasteiger partial charge in [-0.25, -0.2) is 0 Å². The fraction of sp³-hybridized carbons (Fsp3) is 1.00. The molecule has 9 heavy (non-hydrogen) atoms. The molecule has 0 unspecified atom stereocenters. The van der Waals surface area contributed by atoms with Gasteiger partial charge in [-0.2, -0.15) is 0 Å². The van der Waals surface area contributed by atoms with Gasteiger partial charge in [0.05, 0.1) is 0 Å². The number of rotatable bonds is 0. The summed E-state index contributed by atoms with van der Waals surface area (Å²) in [7, 11) is 0. The second-order valence-corrected chi connectivity index (χ2v) is 3.84. The zero-order valence-corrected chi connectivity index (χ0v) is 5.90. The molecule has 1 spiro atoms. The number of nitrogens with two attached hydrogens (primary N) is 1. The van der Waals surface area contributed by atoms with Crippen LogP contribution in [-0.4, -0.2) is 6.04 Å². The van der Waals surface area contributed by atoms with Crippen LogP contribution in [0.25, 0.3) is 0 Å². The molecule has 0 aromatic heterocycles. The molecule has 0 aromatic carbocycles. The van der Waals surface area contributed by atoms with Crippen LogP contribution >= 0.6 is 0 Å². The number of hydrogen-bond donors (Lipinski definition) is 1. The van der Waals surface area contributed by atoms with Crippen molar-refractivity contribution in [2.24, 2.45) is 11.1 Å². The van der Waals surface area contributed by atoms with E-state index in [4.69, 9.17) is 5.73 Å². The Kier molecular flexibility index (Phi) is 1.10. The topological polar surface area (TPSA) is 26.0 Å². The Bertz CT molecular complexity index is 106. The van der Waals surface area contributed by atoms with Crippen LogP contribution in [0.3, 0.4) is 0 Å². The molecule has 2 N–H and O–H groups in total. The third-order valence-corrected chi connectivity index (χ3v) is 3.05. The van der Waals surface area contributed by atoms with Crippen molar-refractivity contribution in [1.29, 1.82) is 0 Å². The lowest BCUT2D eigenvalue weighted by Crippen LogP contribution is -2.26. The Labute approximate surface area is 56.6 Å². The van der Waals surface area contributed by atoms with E-state index in [1.165, 1.54) is 38.5 Å². The summed E-state index contributed by atoms with van der Waals surface area (Å²) < 4.78 is 0. The average Bonchev–Trinajstić information content (AvgIpc) is 2.60. The van der Waals surface area contributed by atoms with Gasteiger partial charge in [-0.3, -0.25) is 0 Å². The highest BCUT2D eigenvalue weighted by molar-refractivity contribution is 4.96. The second-order valence-electron chi connectivity index (χ2n) is 3.84. The Morgan fingerprint density at radius 2 is 1.56 bits per heavy atom. The lowest BCUT2D eigenvalue weighted by Gasteiger charge is -2.25. The predicted octanol–water partition coefficient (Wildman–Crippen LogP) is 1.67. The summed E-state index contributed by atoms with van der Waals surface area (Å²) >= 11 is 0. The highest BCUT2D eigenvalue weighted by Crippen LogP contribution is 2.55. The molecule has 0 heterocycles. The Morgan fingerprint density at radius 3 is 2.00 bits per heavy atom. The second kappa shape index (κ2) is 1.72. The van der Waals surface area contributed by atoms with Crippen molar-refractivity contribution in [2.45, 2.75) is 44.6 Å². The Hall–Kier alpha value is -0.0400. The van der Waals surface area contributed by atoms with Gasteiger partial charge in [-0.05, 0) is 43.9 Å². The zero-order valence-electron chi connectivity index (χ0n) is 5.90. The van der Waals surface area contributed by atoms with E-state index >= 15 is 0 Å². The quantitative estimate of drug-likeness (QED) is 0.523. The summed E-state index contributed by atoms with van der Waals surface area (Å²) in [5, 5.41) is 0. The third kappa shape index (κ3) is 0.983. The first-order valence-electron chi connectivity index (χ1n) is 4.06. The van der Waals surface area contributed by atoms with E-state index in [1.54, 1.807) is 0 Å². The van der Waals surface area contributed by atoms with Crippen LogP contribution in [0.4, 0.5) is 0 Å². The monoisotopic (exact) mass is 125 g/mol. The summed E-state index contributed by atoms with van der Waals surface area (Å²) in [4.78, 5) is 0. The molecular formula is C8H15N. The molecule has 0 radical (unpaired) electrons. The van der Waals surface area contributed by atoms with Crippen molar-refractivity contribution < 1.29 is 0 Å². The molecule has 2 aliphatic rings. The molecule has 0 atom stereocenters. The number of hydrogen-bond acceptors (Lipinski definition) is 1. The van der Waals surface area contributed by atoms with Crippen molar-refractivity contribution in [3.8, 4) is 0 Å². The van der Waals surface area contributed by atoms with Gasteiger partial charge in [0, 0.05) is 6.04 Å². The van der Waals surface area contributed by atoms with Gasteiger partial charge in [0.1, 0.15) is 0 Å². The Balaban J connectivity index is 1.91. The molecule has 1 nitrogen and oxygen atoms in total. The summed E-state index contributed by atoms with van der Waals surface area (Å²) in [6, 6.07) is 0.538. The minimum atomic E-state index is 0.538. The van der Waals surface area contributed by atoms with Crippen LogP contribution < -0.4 is 5.73 Å². The van der Waals surface area contributed by atoms with Crippen molar-refractivity contribution >= 4 is 0 Å². The van der Waals surface area contributed by atoms with Crippen LogP contribution in [0.1, 0.15) is 38.5 Å². The molecule has 2 saturated carbocycles. The van der Waals surface area contributed by atoms with Gasteiger partial charge >= 0.3 is 0 Å². The predicted molar refractivity (Wildman–Crippen MR) is 38.1 cm³/mol. The van der Waals surface area contributed by atoms with Gasteiger partial charge < -0.3 is 5.73 Å². The van der Waals surface area contributed by atoms with Crippen LogP contribution in [-0.2, 0) is 0 Å². The lowest BCUT2D eigenvalue weighted by atomic mass is 9.84. The van der Waals surface area contributed by atoms with E-state index in [2.05, 4.69) is 0 Å². The van der Waals surface area contributed by atoms with E-state index in [0.717, 1.165) is 5.41 Å². The minimum Gasteiger partial charge on any atom is -0.328 e. The summed E-state index contributed by atoms with van der Waals surface area (Å²) in [5.41, 5.74) is 6.61. The average molecular weight is 125 g/mol. The molecule has 52 valence electrons. The maximum Gasteiger partial charge on any atom is 0.00392 e. The minimum absolute atomic E-state index is 0.538. The summed E-state index contributed by atoms with van der Waals surface area (Å²) in [6.07, 6.45) is 8.43. The molecule has 0 aliphatic heterocycles. The highest BCUT2D eigenvalue weighted by Gasteiger charge is 2.43.